The van der Waals surface area contributed by atoms with Crippen molar-refractivity contribution in [3.63, 3.8) is 0 Å². The van der Waals surface area contributed by atoms with E-state index in [1.807, 2.05) is 19.9 Å². The van der Waals surface area contributed by atoms with Gasteiger partial charge in [-0.1, -0.05) is 6.92 Å². The number of aromatic nitrogens is 2. The maximum atomic E-state index is 12.5. The molecular weight excluding hydrogens is 266 g/mol. The molecule has 6 heteroatoms. The second kappa shape index (κ2) is 8.17. The SMILES string of the molecule is CCc1cc(C(=O)N(CCCl)CCOC)n(CC)n1. The van der Waals surface area contributed by atoms with Crippen LogP contribution in [0.3, 0.4) is 0 Å². The molecule has 0 aliphatic carbocycles. The van der Waals surface area contributed by atoms with Crippen molar-refractivity contribution in [2.45, 2.75) is 26.8 Å². The van der Waals surface area contributed by atoms with Crippen LogP contribution in [0, 0.1) is 0 Å². The average molecular weight is 288 g/mol. The Morgan fingerprint density at radius 2 is 2.21 bits per heavy atom. The molecule has 0 saturated carbocycles. The van der Waals surface area contributed by atoms with Gasteiger partial charge >= 0.3 is 0 Å². The summed E-state index contributed by atoms with van der Waals surface area (Å²) >= 11 is 5.76. The van der Waals surface area contributed by atoms with Crippen LogP contribution in [0.4, 0.5) is 0 Å². The van der Waals surface area contributed by atoms with Crippen LogP contribution in [0.15, 0.2) is 6.07 Å². The molecule has 0 saturated heterocycles. The lowest BCUT2D eigenvalue weighted by Gasteiger charge is -2.21. The van der Waals surface area contributed by atoms with Crippen LogP contribution in [0.25, 0.3) is 0 Å². The van der Waals surface area contributed by atoms with Gasteiger partial charge in [-0.3, -0.25) is 9.48 Å². The number of carbonyl (C=O) groups excluding carboxylic acids is 1. The van der Waals surface area contributed by atoms with Crippen LogP contribution in [-0.2, 0) is 17.7 Å². The Kier molecular flexibility index (Phi) is 6.87. The third-order valence-corrected chi connectivity index (χ3v) is 3.09. The third kappa shape index (κ3) is 4.21. The number of alkyl halides is 1. The van der Waals surface area contributed by atoms with E-state index >= 15 is 0 Å². The quantitative estimate of drug-likeness (QED) is 0.685. The number of ether oxygens (including phenoxy) is 1. The zero-order chi connectivity index (χ0) is 14.3. The zero-order valence-corrected chi connectivity index (χ0v) is 12.6. The fourth-order valence-corrected chi connectivity index (χ4v) is 2.04. The van der Waals surface area contributed by atoms with Crippen molar-refractivity contribution in [1.29, 1.82) is 0 Å². The van der Waals surface area contributed by atoms with Gasteiger partial charge in [0.2, 0.25) is 0 Å². The number of amides is 1. The topological polar surface area (TPSA) is 47.4 Å². The van der Waals surface area contributed by atoms with E-state index in [-0.39, 0.29) is 5.91 Å². The molecule has 0 bridgehead atoms. The molecule has 19 heavy (non-hydrogen) atoms. The molecule has 0 aliphatic heterocycles. The Morgan fingerprint density at radius 3 is 2.74 bits per heavy atom. The molecule has 5 nitrogen and oxygen atoms in total. The Labute approximate surface area is 119 Å². The number of aryl methyl sites for hydroxylation is 2. The predicted molar refractivity (Wildman–Crippen MR) is 75.8 cm³/mol. The van der Waals surface area contributed by atoms with Gasteiger partial charge in [-0.2, -0.15) is 5.10 Å². The van der Waals surface area contributed by atoms with E-state index < -0.39 is 0 Å². The zero-order valence-electron chi connectivity index (χ0n) is 11.9. The van der Waals surface area contributed by atoms with Crippen molar-refractivity contribution in [1.82, 2.24) is 14.7 Å². The second-order valence-corrected chi connectivity index (χ2v) is 4.54. The average Bonchev–Trinajstić information content (AvgIpc) is 2.86. The number of hydrogen-bond acceptors (Lipinski definition) is 3. The minimum Gasteiger partial charge on any atom is -0.383 e. The highest BCUT2D eigenvalue weighted by Gasteiger charge is 2.20. The van der Waals surface area contributed by atoms with Gasteiger partial charge in [-0.05, 0) is 19.4 Å². The molecule has 1 amide bonds. The third-order valence-electron chi connectivity index (χ3n) is 2.92. The van der Waals surface area contributed by atoms with Crippen LogP contribution >= 0.6 is 11.6 Å². The van der Waals surface area contributed by atoms with E-state index in [2.05, 4.69) is 5.10 Å². The summed E-state index contributed by atoms with van der Waals surface area (Å²) < 4.78 is 6.77. The first kappa shape index (κ1) is 16.0. The standard InChI is InChI=1S/C13H22ClN3O2/c1-4-11-10-12(17(5-2)15-11)13(18)16(7-6-14)8-9-19-3/h10H,4-9H2,1-3H3. The van der Waals surface area contributed by atoms with Gasteiger partial charge in [-0.15, -0.1) is 11.6 Å². The fourth-order valence-electron chi connectivity index (χ4n) is 1.84. The lowest BCUT2D eigenvalue weighted by molar-refractivity contribution is 0.0695. The van der Waals surface area contributed by atoms with E-state index in [0.29, 0.717) is 37.8 Å². The Bertz CT molecular complexity index is 407. The Morgan fingerprint density at radius 1 is 1.47 bits per heavy atom. The number of hydrogen-bond donors (Lipinski definition) is 0. The molecule has 0 aromatic carbocycles. The lowest BCUT2D eigenvalue weighted by Crippen LogP contribution is -2.36. The predicted octanol–water partition coefficient (Wildman–Crippen LogP) is 1.79. The maximum absolute atomic E-state index is 12.5. The van der Waals surface area contributed by atoms with Gasteiger partial charge in [0, 0.05) is 32.6 Å². The summed E-state index contributed by atoms with van der Waals surface area (Å²) in [5, 5.41) is 4.40. The van der Waals surface area contributed by atoms with E-state index in [1.165, 1.54) is 0 Å². The minimum atomic E-state index is -0.0354. The normalized spacial score (nSPS) is 10.7. The number of methoxy groups -OCH3 is 1. The number of nitrogens with zero attached hydrogens (tertiary/aromatic N) is 3. The summed E-state index contributed by atoms with van der Waals surface area (Å²) in [6.07, 6.45) is 0.820. The molecule has 108 valence electrons. The molecular formula is C13H22ClN3O2. The van der Waals surface area contributed by atoms with Crippen molar-refractivity contribution in [2.24, 2.45) is 0 Å². The van der Waals surface area contributed by atoms with Gasteiger partial charge in [-0.25, -0.2) is 0 Å². The first-order valence-corrected chi connectivity index (χ1v) is 7.12. The van der Waals surface area contributed by atoms with Crippen molar-refractivity contribution < 1.29 is 9.53 Å². The number of rotatable bonds is 8. The van der Waals surface area contributed by atoms with Gasteiger partial charge in [0.05, 0.1) is 12.3 Å². The second-order valence-electron chi connectivity index (χ2n) is 4.16. The maximum Gasteiger partial charge on any atom is 0.272 e. The Hall–Kier alpha value is -1.07. The van der Waals surface area contributed by atoms with Crippen LogP contribution < -0.4 is 0 Å². The largest absolute Gasteiger partial charge is 0.383 e. The van der Waals surface area contributed by atoms with E-state index in [1.54, 1.807) is 16.7 Å². The fraction of sp³-hybridized carbons (Fsp3) is 0.692. The van der Waals surface area contributed by atoms with E-state index in [4.69, 9.17) is 16.3 Å². The molecule has 0 unspecified atom stereocenters. The molecule has 0 aliphatic rings. The molecule has 1 aromatic rings. The molecule has 0 N–H and O–H groups in total. The van der Waals surface area contributed by atoms with Crippen molar-refractivity contribution in [3.8, 4) is 0 Å². The first-order valence-electron chi connectivity index (χ1n) is 6.58. The van der Waals surface area contributed by atoms with Gasteiger partial charge in [0.15, 0.2) is 0 Å². The summed E-state index contributed by atoms with van der Waals surface area (Å²) in [6, 6.07) is 1.86. The van der Waals surface area contributed by atoms with Crippen LogP contribution in [0.2, 0.25) is 0 Å². The highest BCUT2D eigenvalue weighted by atomic mass is 35.5. The van der Waals surface area contributed by atoms with E-state index in [9.17, 15) is 4.79 Å². The highest BCUT2D eigenvalue weighted by Crippen LogP contribution is 2.09. The monoisotopic (exact) mass is 287 g/mol. The van der Waals surface area contributed by atoms with Crippen LogP contribution in [0.1, 0.15) is 30.0 Å². The van der Waals surface area contributed by atoms with Crippen LogP contribution in [-0.4, -0.2) is 53.3 Å². The van der Waals surface area contributed by atoms with Gasteiger partial charge < -0.3 is 9.64 Å². The molecule has 1 aromatic heterocycles. The summed E-state index contributed by atoms with van der Waals surface area (Å²) in [7, 11) is 1.62. The molecule has 0 fully saturated rings. The first-order chi connectivity index (χ1) is 9.17. The van der Waals surface area contributed by atoms with E-state index in [0.717, 1.165) is 12.1 Å². The molecule has 1 heterocycles. The van der Waals surface area contributed by atoms with Gasteiger partial charge in [0.25, 0.3) is 5.91 Å². The molecule has 0 spiro atoms. The molecule has 1 rings (SSSR count). The summed E-state index contributed by atoms with van der Waals surface area (Å²) in [4.78, 5) is 14.2. The highest BCUT2D eigenvalue weighted by molar-refractivity contribution is 6.18. The minimum absolute atomic E-state index is 0.0354. The number of halogens is 1. The van der Waals surface area contributed by atoms with Gasteiger partial charge in [0.1, 0.15) is 5.69 Å². The summed E-state index contributed by atoms with van der Waals surface area (Å²) in [5.41, 5.74) is 1.56. The smallest absolute Gasteiger partial charge is 0.272 e. The Balaban J connectivity index is 2.90. The number of carbonyl (C=O) groups is 1. The summed E-state index contributed by atoms with van der Waals surface area (Å²) in [6.45, 7) is 6.24. The van der Waals surface area contributed by atoms with Crippen molar-refractivity contribution in [3.05, 3.63) is 17.5 Å². The van der Waals surface area contributed by atoms with Crippen molar-refractivity contribution >= 4 is 17.5 Å². The molecule has 0 radical (unpaired) electrons. The molecule has 0 atom stereocenters. The van der Waals surface area contributed by atoms with Crippen molar-refractivity contribution in [2.75, 3.05) is 32.7 Å². The summed E-state index contributed by atoms with van der Waals surface area (Å²) in [5.74, 6) is 0.378. The van der Waals surface area contributed by atoms with Crippen LogP contribution in [0.5, 0.6) is 0 Å². The lowest BCUT2D eigenvalue weighted by atomic mass is 10.2.